The minimum Gasteiger partial charge on any atom is -0.482 e. The quantitative estimate of drug-likeness (QED) is 0.496. The summed E-state index contributed by atoms with van der Waals surface area (Å²) >= 11 is 0. The van der Waals surface area contributed by atoms with Crippen molar-refractivity contribution < 1.29 is 19.1 Å². The van der Waals surface area contributed by atoms with Crippen LogP contribution in [0, 0.1) is 0 Å². The number of nitrogens with zero attached hydrogens (tertiary/aromatic N) is 1. The van der Waals surface area contributed by atoms with E-state index in [1.54, 1.807) is 6.08 Å². The van der Waals surface area contributed by atoms with Crippen LogP contribution in [-0.4, -0.2) is 32.0 Å². The molecule has 5 nitrogen and oxygen atoms in total. The molecule has 0 aliphatic carbocycles. The Morgan fingerprint density at radius 3 is 2.26 bits per heavy atom. The molecule has 0 radical (unpaired) electrons. The number of likely N-dealkylation sites (N-methyl/N-ethyl adjacent to an activating group) is 1. The van der Waals surface area contributed by atoms with Crippen LogP contribution in [0.3, 0.4) is 0 Å². The number of hydrogen-bond acceptors (Lipinski definition) is 5. The maximum atomic E-state index is 12.5. The monoisotopic (exact) mass is 421 g/mol. The van der Waals surface area contributed by atoms with E-state index >= 15 is 0 Å². The number of ketones is 1. The summed E-state index contributed by atoms with van der Waals surface area (Å²) in [6.07, 6.45) is 1.57. The lowest BCUT2D eigenvalue weighted by Gasteiger charge is -2.23. The number of esters is 1. The fourth-order valence-electron chi connectivity index (χ4n) is 3.84. The minimum atomic E-state index is -0.575. The van der Waals surface area contributed by atoms with E-state index in [-0.39, 0.29) is 29.8 Å². The van der Waals surface area contributed by atoms with E-state index in [1.807, 2.05) is 54.4 Å². The molecule has 0 spiro atoms. The zero-order valence-electron chi connectivity index (χ0n) is 19.2. The Morgan fingerprint density at radius 1 is 1.00 bits per heavy atom. The molecule has 2 aromatic carbocycles. The van der Waals surface area contributed by atoms with Gasteiger partial charge in [0.05, 0.1) is 0 Å². The maximum absolute atomic E-state index is 12.5. The van der Waals surface area contributed by atoms with Crippen LogP contribution in [0.4, 0.5) is 5.69 Å². The molecule has 164 valence electrons. The van der Waals surface area contributed by atoms with Crippen LogP contribution in [0.1, 0.15) is 45.7 Å². The molecule has 0 amide bonds. The zero-order valence-corrected chi connectivity index (χ0v) is 19.2. The summed E-state index contributed by atoms with van der Waals surface area (Å²) in [5.41, 5.74) is 4.06. The maximum Gasteiger partial charge on any atom is 0.344 e. The number of anilines is 1. The van der Waals surface area contributed by atoms with Crippen molar-refractivity contribution in [1.82, 2.24) is 0 Å². The first kappa shape index (κ1) is 22.6. The fourth-order valence-corrected chi connectivity index (χ4v) is 3.84. The summed E-state index contributed by atoms with van der Waals surface area (Å²) in [6.45, 7) is 10.0. The molecule has 1 aliphatic heterocycles. The van der Waals surface area contributed by atoms with Crippen molar-refractivity contribution in [2.24, 2.45) is 0 Å². The molecule has 0 saturated carbocycles. The second-order valence-corrected chi connectivity index (χ2v) is 9.42. The second kappa shape index (κ2) is 8.58. The molecular weight excluding hydrogens is 390 g/mol. The van der Waals surface area contributed by atoms with Gasteiger partial charge in [0.25, 0.3) is 0 Å². The Balaban J connectivity index is 1.53. The highest BCUT2D eigenvalue weighted by Crippen LogP contribution is 2.46. The topological polar surface area (TPSA) is 55.8 Å². The number of para-hydroxylation sites is 1. The molecule has 1 heterocycles. The molecule has 3 rings (SSSR count). The smallest absolute Gasteiger partial charge is 0.344 e. The van der Waals surface area contributed by atoms with E-state index in [1.165, 1.54) is 11.1 Å². The number of carbonyl (C=O) groups is 2. The van der Waals surface area contributed by atoms with Crippen LogP contribution in [0.25, 0.3) is 0 Å². The number of benzene rings is 2. The lowest BCUT2D eigenvalue weighted by molar-refractivity contribution is -0.148. The van der Waals surface area contributed by atoms with Gasteiger partial charge in [0.15, 0.2) is 19.0 Å². The van der Waals surface area contributed by atoms with Crippen molar-refractivity contribution in [3.05, 3.63) is 71.4 Å². The van der Waals surface area contributed by atoms with Gasteiger partial charge in [-0.3, -0.25) is 4.79 Å². The van der Waals surface area contributed by atoms with Gasteiger partial charge in [-0.2, -0.15) is 0 Å². The molecule has 0 saturated heterocycles. The molecule has 0 N–H and O–H groups in total. The predicted octanol–water partition coefficient (Wildman–Crippen LogP) is 4.79. The lowest BCUT2D eigenvalue weighted by Crippen LogP contribution is -2.25. The summed E-state index contributed by atoms with van der Waals surface area (Å²) < 4.78 is 10.6. The summed E-state index contributed by atoms with van der Waals surface area (Å²) in [6, 6.07) is 15.7. The molecule has 31 heavy (non-hydrogen) atoms. The van der Waals surface area contributed by atoms with Gasteiger partial charge in [0.2, 0.25) is 0 Å². The van der Waals surface area contributed by atoms with Crippen molar-refractivity contribution in [3.8, 4) is 5.75 Å². The molecule has 0 aromatic heterocycles. The molecular formula is C26H31NO4. The van der Waals surface area contributed by atoms with Crippen molar-refractivity contribution >= 4 is 17.4 Å². The number of carbonyl (C=O) groups excluding carboxylic acids is 2. The Kier molecular flexibility index (Phi) is 6.25. The van der Waals surface area contributed by atoms with Crippen molar-refractivity contribution in [2.75, 3.05) is 25.2 Å². The minimum absolute atomic E-state index is 0.0512. The van der Waals surface area contributed by atoms with Gasteiger partial charge >= 0.3 is 5.97 Å². The van der Waals surface area contributed by atoms with Gasteiger partial charge in [-0.05, 0) is 34.7 Å². The van der Waals surface area contributed by atoms with Gasteiger partial charge in [0, 0.05) is 29.9 Å². The van der Waals surface area contributed by atoms with Crippen LogP contribution in [0.5, 0.6) is 5.75 Å². The van der Waals surface area contributed by atoms with E-state index < -0.39 is 5.97 Å². The normalized spacial score (nSPS) is 16.2. The fraction of sp³-hybridized carbons (Fsp3) is 0.385. The summed E-state index contributed by atoms with van der Waals surface area (Å²) in [5, 5.41) is 0. The number of rotatable bonds is 6. The van der Waals surface area contributed by atoms with E-state index in [2.05, 4.69) is 40.7 Å². The Labute approximate surface area is 184 Å². The largest absolute Gasteiger partial charge is 0.482 e. The third-order valence-corrected chi connectivity index (χ3v) is 5.69. The Morgan fingerprint density at radius 2 is 1.65 bits per heavy atom. The van der Waals surface area contributed by atoms with Crippen molar-refractivity contribution in [1.29, 1.82) is 0 Å². The number of allylic oxidation sites excluding steroid dienone is 1. The van der Waals surface area contributed by atoms with E-state index in [4.69, 9.17) is 9.47 Å². The number of fused-ring (bicyclic) bond motifs is 1. The number of ether oxygens (including phenoxy) is 2. The van der Waals surface area contributed by atoms with Gasteiger partial charge in [-0.25, -0.2) is 4.79 Å². The molecule has 1 aliphatic rings. The van der Waals surface area contributed by atoms with E-state index in [9.17, 15) is 9.59 Å². The van der Waals surface area contributed by atoms with Crippen molar-refractivity contribution in [2.45, 2.75) is 45.4 Å². The van der Waals surface area contributed by atoms with Crippen LogP contribution in [0.2, 0.25) is 0 Å². The predicted molar refractivity (Wildman–Crippen MR) is 123 cm³/mol. The van der Waals surface area contributed by atoms with Crippen LogP contribution in [0.15, 0.2) is 60.3 Å². The molecule has 0 unspecified atom stereocenters. The van der Waals surface area contributed by atoms with E-state index in [0.29, 0.717) is 5.75 Å². The second-order valence-electron chi connectivity index (χ2n) is 9.42. The van der Waals surface area contributed by atoms with Crippen molar-refractivity contribution in [3.63, 3.8) is 0 Å². The first-order valence-electron chi connectivity index (χ1n) is 10.5. The summed E-state index contributed by atoms with van der Waals surface area (Å²) in [7, 11) is 1.94. The standard InChI is InChI=1S/C26H31NO4/c1-25(2,3)18-11-13-20(14-12-18)30-17-24(29)31-16-19(28)15-23-26(4,5)21-9-7-8-10-22(21)27(23)6/h7-15H,16-17H2,1-6H3. The first-order chi connectivity index (χ1) is 14.5. The van der Waals surface area contributed by atoms with Gasteiger partial charge in [0.1, 0.15) is 5.75 Å². The average molecular weight is 422 g/mol. The molecule has 0 atom stereocenters. The average Bonchev–Trinajstić information content (AvgIpc) is 2.91. The van der Waals surface area contributed by atoms with Crippen LogP contribution < -0.4 is 9.64 Å². The summed E-state index contributed by atoms with van der Waals surface area (Å²) in [5.74, 6) is -0.245. The summed E-state index contributed by atoms with van der Waals surface area (Å²) in [4.78, 5) is 26.5. The molecule has 0 bridgehead atoms. The highest BCUT2D eigenvalue weighted by Gasteiger charge is 2.38. The lowest BCUT2D eigenvalue weighted by atomic mass is 9.83. The third-order valence-electron chi connectivity index (χ3n) is 5.69. The van der Waals surface area contributed by atoms with Gasteiger partial charge in [-0.15, -0.1) is 0 Å². The van der Waals surface area contributed by atoms with Crippen LogP contribution in [-0.2, 0) is 25.2 Å². The highest BCUT2D eigenvalue weighted by molar-refractivity contribution is 5.94. The zero-order chi connectivity index (χ0) is 22.8. The third kappa shape index (κ3) is 4.98. The molecule has 0 fully saturated rings. The Bertz CT molecular complexity index is 997. The van der Waals surface area contributed by atoms with Gasteiger partial charge < -0.3 is 14.4 Å². The molecule has 5 heteroatoms. The highest BCUT2D eigenvalue weighted by atomic mass is 16.6. The number of hydrogen-bond donors (Lipinski definition) is 0. The van der Waals surface area contributed by atoms with Crippen LogP contribution >= 0.6 is 0 Å². The SMILES string of the molecule is CN1C(=CC(=O)COC(=O)COc2ccc(C(C)(C)C)cc2)C(C)(C)c2ccccc21. The molecule has 2 aromatic rings. The Hall–Kier alpha value is -3.08. The van der Waals surface area contributed by atoms with Gasteiger partial charge in [-0.1, -0.05) is 65.0 Å². The first-order valence-corrected chi connectivity index (χ1v) is 10.5. The van der Waals surface area contributed by atoms with E-state index in [0.717, 1.165) is 11.4 Å².